The molecule has 6 heteroatoms. The first-order valence-corrected chi connectivity index (χ1v) is 13.0. The van der Waals surface area contributed by atoms with Gasteiger partial charge in [-0.25, -0.2) is 4.39 Å². The normalized spacial score (nSPS) is 26.2. The third-order valence-corrected chi connectivity index (χ3v) is 7.66. The molecule has 3 aliphatic rings. The van der Waals surface area contributed by atoms with E-state index in [9.17, 15) is 14.0 Å². The van der Waals surface area contributed by atoms with Gasteiger partial charge in [-0.1, -0.05) is 31.4 Å². The van der Waals surface area contributed by atoms with E-state index < -0.39 is 0 Å². The van der Waals surface area contributed by atoms with Crippen molar-refractivity contribution in [2.24, 2.45) is 11.8 Å². The number of nitrogens with zero attached hydrogens (tertiary/aromatic N) is 1. The number of carbonyl (C=O) groups excluding carboxylic acids is 2. The zero-order chi connectivity index (χ0) is 23.0. The standard InChI is InChI=1S/C27H39FN2O3/c28-23-9-4-8-21(16-23)18-30(19-25-10-5-15-33-25)27(32)22-11-13-24(14-12-22)29-26(31)17-20-6-2-1-3-7-20/h4,8-9,16,20,22,24-25H,1-3,5-7,10-15,17-19H2,(H,29,31). The van der Waals surface area contributed by atoms with Crippen molar-refractivity contribution in [2.75, 3.05) is 13.2 Å². The molecule has 1 unspecified atom stereocenters. The molecule has 1 heterocycles. The molecule has 0 aromatic heterocycles. The molecule has 1 N–H and O–H groups in total. The van der Waals surface area contributed by atoms with Crippen molar-refractivity contribution < 1.29 is 18.7 Å². The maximum Gasteiger partial charge on any atom is 0.226 e. The Balaban J connectivity index is 1.28. The van der Waals surface area contributed by atoms with Crippen LogP contribution < -0.4 is 5.32 Å². The first-order chi connectivity index (χ1) is 16.1. The quantitative estimate of drug-likeness (QED) is 0.598. The predicted molar refractivity (Wildman–Crippen MR) is 126 cm³/mol. The van der Waals surface area contributed by atoms with Gasteiger partial charge in [0.2, 0.25) is 11.8 Å². The van der Waals surface area contributed by atoms with Gasteiger partial charge in [0.1, 0.15) is 5.82 Å². The molecule has 1 saturated heterocycles. The van der Waals surface area contributed by atoms with Crippen molar-refractivity contribution in [1.29, 1.82) is 0 Å². The number of hydrogen-bond acceptors (Lipinski definition) is 3. The molecule has 3 fully saturated rings. The second-order valence-corrected chi connectivity index (χ2v) is 10.3. The van der Waals surface area contributed by atoms with Crippen molar-refractivity contribution in [3.63, 3.8) is 0 Å². The fourth-order valence-corrected chi connectivity index (χ4v) is 5.81. The summed E-state index contributed by atoms with van der Waals surface area (Å²) in [4.78, 5) is 27.8. The van der Waals surface area contributed by atoms with Crippen LogP contribution in [0.1, 0.15) is 82.6 Å². The predicted octanol–water partition coefficient (Wildman–Crippen LogP) is 4.98. The molecule has 1 aromatic carbocycles. The summed E-state index contributed by atoms with van der Waals surface area (Å²) < 4.78 is 19.5. The maximum atomic E-state index is 13.7. The highest BCUT2D eigenvalue weighted by Gasteiger charge is 2.32. The lowest BCUT2D eigenvalue weighted by atomic mass is 9.84. The molecule has 33 heavy (non-hydrogen) atoms. The van der Waals surface area contributed by atoms with Crippen molar-refractivity contribution in [1.82, 2.24) is 10.2 Å². The lowest BCUT2D eigenvalue weighted by Gasteiger charge is -2.34. The van der Waals surface area contributed by atoms with Gasteiger partial charge in [-0.15, -0.1) is 0 Å². The molecule has 1 aromatic rings. The summed E-state index contributed by atoms with van der Waals surface area (Å²) in [6, 6.07) is 6.69. The minimum absolute atomic E-state index is 0.0357. The van der Waals surface area contributed by atoms with E-state index in [1.165, 1.54) is 44.2 Å². The molecule has 0 radical (unpaired) electrons. The second kappa shape index (κ2) is 12.0. The first-order valence-electron chi connectivity index (χ1n) is 13.0. The summed E-state index contributed by atoms with van der Waals surface area (Å²) in [5.74, 6) is 0.559. The molecule has 2 amide bonds. The average Bonchev–Trinajstić information content (AvgIpc) is 3.32. The van der Waals surface area contributed by atoms with Gasteiger partial charge in [-0.3, -0.25) is 9.59 Å². The highest BCUT2D eigenvalue weighted by molar-refractivity contribution is 5.79. The molecule has 0 spiro atoms. The SMILES string of the molecule is O=C(CC1CCCCC1)NC1CCC(C(=O)N(Cc2cccc(F)c2)CC2CCCO2)CC1. The van der Waals surface area contributed by atoms with E-state index in [0.717, 1.165) is 50.7 Å². The number of ether oxygens (including phenoxy) is 1. The molecule has 1 aliphatic heterocycles. The number of carbonyl (C=O) groups is 2. The first kappa shape index (κ1) is 24.2. The molecule has 2 aliphatic carbocycles. The van der Waals surface area contributed by atoms with Crippen LogP contribution in [0.5, 0.6) is 0 Å². The number of halogens is 1. The Kier molecular flexibility index (Phi) is 8.76. The summed E-state index contributed by atoms with van der Waals surface area (Å²) in [6.45, 7) is 1.72. The van der Waals surface area contributed by atoms with Crippen molar-refractivity contribution in [2.45, 2.75) is 95.7 Å². The van der Waals surface area contributed by atoms with Crippen LogP contribution in [0.15, 0.2) is 24.3 Å². The van der Waals surface area contributed by atoms with Gasteiger partial charge < -0.3 is 15.0 Å². The zero-order valence-corrected chi connectivity index (χ0v) is 19.8. The lowest BCUT2D eigenvalue weighted by molar-refractivity contribution is -0.139. The van der Waals surface area contributed by atoms with Crippen LogP contribution >= 0.6 is 0 Å². The summed E-state index contributed by atoms with van der Waals surface area (Å²) in [5, 5.41) is 3.23. The van der Waals surface area contributed by atoms with Gasteiger partial charge in [0.25, 0.3) is 0 Å². The van der Waals surface area contributed by atoms with E-state index in [2.05, 4.69) is 5.32 Å². The molecule has 2 saturated carbocycles. The van der Waals surface area contributed by atoms with E-state index in [1.807, 2.05) is 11.0 Å². The summed E-state index contributed by atoms with van der Waals surface area (Å²) >= 11 is 0. The van der Waals surface area contributed by atoms with Crippen LogP contribution in [0.2, 0.25) is 0 Å². The van der Waals surface area contributed by atoms with E-state index in [1.54, 1.807) is 6.07 Å². The Morgan fingerprint density at radius 1 is 1.00 bits per heavy atom. The molecule has 182 valence electrons. The zero-order valence-electron chi connectivity index (χ0n) is 19.8. The number of hydrogen-bond donors (Lipinski definition) is 1. The third kappa shape index (κ3) is 7.26. The van der Waals surface area contributed by atoms with Gasteiger partial charge in [0, 0.05) is 38.1 Å². The van der Waals surface area contributed by atoms with Gasteiger partial charge in [0.05, 0.1) is 6.10 Å². The molecule has 0 bridgehead atoms. The Labute approximate surface area is 197 Å². The highest BCUT2D eigenvalue weighted by atomic mass is 19.1. The number of amides is 2. The molecular weight excluding hydrogens is 419 g/mol. The summed E-state index contributed by atoms with van der Waals surface area (Å²) in [6.07, 6.45) is 12.2. The van der Waals surface area contributed by atoms with Crippen molar-refractivity contribution >= 4 is 11.8 Å². The van der Waals surface area contributed by atoms with Crippen LogP contribution in [0, 0.1) is 17.7 Å². The second-order valence-electron chi connectivity index (χ2n) is 10.3. The Bertz CT molecular complexity index is 781. The van der Waals surface area contributed by atoms with Gasteiger partial charge in [0.15, 0.2) is 0 Å². The Morgan fingerprint density at radius 2 is 1.79 bits per heavy atom. The average molecular weight is 459 g/mol. The van der Waals surface area contributed by atoms with E-state index in [0.29, 0.717) is 25.4 Å². The smallest absolute Gasteiger partial charge is 0.226 e. The van der Waals surface area contributed by atoms with Crippen LogP contribution in [0.3, 0.4) is 0 Å². The number of rotatable bonds is 8. The Hall–Kier alpha value is -1.95. The fraction of sp³-hybridized carbons (Fsp3) is 0.704. The van der Waals surface area contributed by atoms with Crippen molar-refractivity contribution in [3.8, 4) is 0 Å². The Morgan fingerprint density at radius 3 is 2.48 bits per heavy atom. The van der Waals surface area contributed by atoms with E-state index >= 15 is 0 Å². The van der Waals surface area contributed by atoms with E-state index in [4.69, 9.17) is 4.74 Å². The molecule has 5 nitrogen and oxygen atoms in total. The minimum atomic E-state index is -0.276. The third-order valence-electron chi connectivity index (χ3n) is 7.66. The topological polar surface area (TPSA) is 58.6 Å². The molecule has 1 atom stereocenters. The summed E-state index contributed by atoms with van der Waals surface area (Å²) in [5.41, 5.74) is 0.810. The van der Waals surface area contributed by atoms with Gasteiger partial charge >= 0.3 is 0 Å². The van der Waals surface area contributed by atoms with Crippen LogP contribution in [-0.2, 0) is 20.9 Å². The number of nitrogens with one attached hydrogen (secondary N) is 1. The maximum absolute atomic E-state index is 13.7. The van der Waals surface area contributed by atoms with Crippen molar-refractivity contribution in [3.05, 3.63) is 35.6 Å². The number of benzene rings is 1. The van der Waals surface area contributed by atoms with E-state index in [-0.39, 0.29) is 35.7 Å². The fourth-order valence-electron chi connectivity index (χ4n) is 5.81. The van der Waals surface area contributed by atoms with Crippen LogP contribution in [0.4, 0.5) is 4.39 Å². The van der Waals surface area contributed by atoms with Gasteiger partial charge in [-0.05, 0) is 75.0 Å². The summed E-state index contributed by atoms with van der Waals surface area (Å²) in [7, 11) is 0. The minimum Gasteiger partial charge on any atom is -0.376 e. The van der Waals surface area contributed by atoms with Gasteiger partial charge in [-0.2, -0.15) is 0 Å². The van der Waals surface area contributed by atoms with Crippen LogP contribution in [-0.4, -0.2) is 42.0 Å². The molecule has 4 rings (SSSR count). The highest BCUT2D eigenvalue weighted by Crippen LogP contribution is 2.29. The van der Waals surface area contributed by atoms with Crippen LogP contribution in [0.25, 0.3) is 0 Å². The lowest BCUT2D eigenvalue weighted by Crippen LogP contribution is -2.44. The monoisotopic (exact) mass is 458 g/mol. The molecular formula is C27H39FN2O3. The largest absolute Gasteiger partial charge is 0.376 e.